The quantitative estimate of drug-likeness (QED) is 0.618. The Balaban J connectivity index is 2.91. The molecule has 1 heterocycles. The van der Waals surface area contributed by atoms with Crippen molar-refractivity contribution in [3.05, 3.63) is 41.9 Å². The highest BCUT2D eigenvalue weighted by Crippen LogP contribution is 2.22. The van der Waals surface area contributed by atoms with Crippen molar-refractivity contribution >= 4 is 22.5 Å². The van der Waals surface area contributed by atoms with Gasteiger partial charge in [0, 0.05) is 5.39 Å². The molecule has 0 saturated heterocycles. The van der Waals surface area contributed by atoms with E-state index < -0.39 is 0 Å². The summed E-state index contributed by atoms with van der Waals surface area (Å²) in [6.45, 7) is 3.66. The maximum absolute atomic E-state index is 5.96. The first-order chi connectivity index (χ1) is 5.79. The Morgan fingerprint density at radius 1 is 1.17 bits per heavy atom. The zero-order valence-corrected chi connectivity index (χ0v) is 7.04. The van der Waals surface area contributed by atoms with Crippen molar-refractivity contribution < 1.29 is 0 Å². The fourth-order valence-electron chi connectivity index (χ4n) is 1.06. The summed E-state index contributed by atoms with van der Waals surface area (Å²) in [5.41, 5.74) is 1.32. The smallest absolute Gasteiger partial charge is 0.0944 e. The van der Waals surface area contributed by atoms with Gasteiger partial charge < -0.3 is 0 Å². The third-order valence-electron chi connectivity index (χ3n) is 1.67. The van der Waals surface area contributed by atoms with Crippen molar-refractivity contribution in [1.29, 1.82) is 0 Å². The van der Waals surface area contributed by atoms with Gasteiger partial charge in [-0.05, 0) is 13.0 Å². The lowest BCUT2D eigenvalue weighted by molar-refractivity contribution is 1.05. The van der Waals surface area contributed by atoms with Crippen molar-refractivity contribution in [1.82, 2.24) is 10.2 Å². The van der Waals surface area contributed by atoms with Crippen LogP contribution in [0.25, 0.3) is 10.9 Å². The first kappa shape index (κ1) is 7.50. The number of hydrogen-bond acceptors (Lipinski definition) is 2. The van der Waals surface area contributed by atoms with Gasteiger partial charge in [-0.3, -0.25) is 0 Å². The highest BCUT2D eigenvalue weighted by atomic mass is 35.5. The Kier molecular flexibility index (Phi) is 1.70. The van der Waals surface area contributed by atoms with E-state index in [-0.39, 0.29) is 0 Å². The molecule has 0 aliphatic rings. The van der Waals surface area contributed by atoms with Crippen LogP contribution in [-0.2, 0) is 0 Å². The summed E-state index contributed by atoms with van der Waals surface area (Å²) in [6.07, 6.45) is 0. The molecular formula is C9H6ClN2. The van der Waals surface area contributed by atoms with E-state index in [9.17, 15) is 0 Å². The first-order valence-corrected chi connectivity index (χ1v) is 3.90. The third kappa shape index (κ3) is 1.04. The number of fused-ring (bicyclic) bond motifs is 1. The summed E-state index contributed by atoms with van der Waals surface area (Å²) >= 11 is 5.96. The van der Waals surface area contributed by atoms with Crippen molar-refractivity contribution in [3.8, 4) is 0 Å². The topological polar surface area (TPSA) is 25.8 Å². The molecule has 1 radical (unpaired) electrons. The maximum atomic E-state index is 5.96. The lowest BCUT2D eigenvalue weighted by Gasteiger charge is -1.99. The predicted molar refractivity (Wildman–Crippen MR) is 49.0 cm³/mol. The summed E-state index contributed by atoms with van der Waals surface area (Å²) in [5, 5.41) is 9.24. The lowest BCUT2D eigenvalue weighted by Crippen LogP contribution is -1.89. The van der Waals surface area contributed by atoms with Crippen LogP contribution in [0.5, 0.6) is 0 Å². The number of aromatic nitrogens is 2. The minimum atomic E-state index is 0.523. The van der Waals surface area contributed by atoms with Crippen LogP contribution in [0.15, 0.2) is 24.3 Å². The molecular weight excluding hydrogens is 172 g/mol. The van der Waals surface area contributed by atoms with E-state index in [1.165, 1.54) is 0 Å². The van der Waals surface area contributed by atoms with Gasteiger partial charge in [0.1, 0.15) is 0 Å². The van der Waals surface area contributed by atoms with Gasteiger partial charge >= 0.3 is 0 Å². The monoisotopic (exact) mass is 177 g/mol. The molecule has 0 aliphatic carbocycles. The van der Waals surface area contributed by atoms with Crippen LogP contribution in [0.2, 0.25) is 5.02 Å². The number of hydrogen-bond donors (Lipinski definition) is 0. The third-order valence-corrected chi connectivity index (χ3v) is 2.09. The standard InChI is InChI=1S/C9H6ClN2/c1-6-9(10)7-4-2-3-5-8(7)12-11-6/h2-5H,1H2. The van der Waals surface area contributed by atoms with E-state index in [0.717, 1.165) is 10.9 Å². The SMILES string of the molecule is [CH2]c1nnc2ccccc2c1Cl. The summed E-state index contributed by atoms with van der Waals surface area (Å²) in [4.78, 5) is 0. The van der Waals surface area contributed by atoms with Gasteiger partial charge in [-0.1, -0.05) is 29.8 Å². The molecule has 0 atom stereocenters. The van der Waals surface area contributed by atoms with Gasteiger partial charge in [-0.25, -0.2) is 0 Å². The second-order valence-corrected chi connectivity index (χ2v) is 2.86. The highest BCUT2D eigenvalue weighted by Gasteiger charge is 2.02. The van der Waals surface area contributed by atoms with Crippen molar-refractivity contribution in [2.45, 2.75) is 0 Å². The predicted octanol–water partition coefficient (Wildman–Crippen LogP) is 2.47. The molecule has 12 heavy (non-hydrogen) atoms. The average Bonchev–Trinajstić information content (AvgIpc) is 2.12. The molecule has 2 nitrogen and oxygen atoms in total. The fraction of sp³-hybridized carbons (Fsp3) is 0. The molecule has 0 spiro atoms. The van der Waals surface area contributed by atoms with Gasteiger partial charge in [-0.15, -0.1) is 0 Å². The average molecular weight is 178 g/mol. The van der Waals surface area contributed by atoms with Crippen molar-refractivity contribution in [3.63, 3.8) is 0 Å². The number of nitrogens with zero attached hydrogens (tertiary/aromatic N) is 2. The Hall–Kier alpha value is -1.15. The second kappa shape index (κ2) is 2.72. The molecule has 0 N–H and O–H groups in total. The molecule has 0 fully saturated rings. The number of halogens is 1. The normalized spacial score (nSPS) is 10.5. The summed E-state index contributed by atoms with van der Waals surface area (Å²) in [5.74, 6) is 0. The van der Waals surface area contributed by atoms with Gasteiger partial charge in [0.25, 0.3) is 0 Å². The van der Waals surface area contributed by atoms with Crippen molar-refractivity contribution in [2.24, 2.45) is 0 Å². The Labute approximate surface area is 75.2 Å². The summed E-state index contributed by atoms with van der Waals surface area (Å²) in [7, 11) is 0. The maximum Gasteiger partial charge on any atom is 0.0944 e. The van der Waals surface area contributed by atoms with Crippen LogP contribution in [0, 0.1) is 6.92 Å². The highest BCUT2D eigenvalue weighted by molar-refractivity contribution is 6.35. The molecule has 1 aromatic heterocycles. The van der Waals surface area contributed by atoms with Gasteiger partial charge in [0.15, 0.2) is 0 Å². The molecule has 1 aromatic carbocycles. The van der Waals surface area contributed by atoms with Crippen LogP contribution < -0.4 is 0 Å². The fourth-order valence-corrected chi connectivity index (χ4v) is 1.26. The minimum Gasteiger partial charge on any atom is -0.153 e. The second-order valence-electron chi connectivity index (χ2n) is 2.48. The first-order valence-electron chi connectivity index (χ1n) is 3.52. The van der Waals surface area contributed by atoms with Gasteiger partial charge in [-0.2, -0.15) is 10.2 Å². The summed E-state index contributed by atoms with van der Waals surface area (Å²) < 4.78 is 0. The molecule has 2 rings (SSSR count). The molecule has 0 amide bonds. The Bertz CT molecular complexity index is 426. The largest absolute Gasteiger partial charge is 0.153 e. The van der Waals surface area contributed by atoms with Crippen molar-refractivity contribution in [2.75, 3.05) is 0 Å². The molecule has 2 aromatic rings. The van der Waals surface area contributed by atoms with E-state index in [1.54, 1.807) is 0 Å². The molecule has 3 heteroatoms. The van der Waals surface area contributed by atoms with Crippen LogP contribution in [0.1, 0.15) is 5.69 Å². The van der Waals surface area contributed by atoms with Gasteiger partial charge in [0.2, 0.25) is 0 Å². The van der Waals surface area contributed by atoms with Crippen LogP contribution in [0.4, 0.5) is 0 Å². The van der Waals surface area contributed by atoms with E-state index in [0.29, 0.717) is 10.7 Å². The number of benzene rings is 1. The molecule has 0 unspecified atom stereocenters. The van der Waals surface area contributed by atoms with E-state index in [4.69, 9.17) is 11.6 Å². The van der Waals surface area contributed by atoms with Crippen LogP contribution in [0.3, 0.4) is 0 Å². The molecule has 0 bridgehead atoms. The van der Waals surface area contributed by atoms with Crippen LogP contribution in [-0.4, -0.2) is 10.2 Å². The Morgan fingerprint density at radius 2 is 1.92 bits per heavy atom. The Morgan fingerprint density at radius 3 is 2.75 bits per heavy atom. The van der Waals surface area contributed by atoms with E-state index in [1.807, 2.05) is 24.3 Å². The zero-order valence-electron chi connectivity index (χ0n) is 6.29. The minimum absolute atomic E-state index is 0.523. The summed E-state index contributed by atoms with van der Waals surface area (Å²) in [6, 6.07) is 7.58. The van der Waals surface area contributed by atoms with Crippen LogP contribution >= 0.6 is 11.6 Å². The molecule has 0 aliphatic heterocycles. The lowest BCUT2D eigenvalue weighted by atomic mass is 10.2. The number of rotatable bonds is 0. The van der Waals surface area contributed by atoms with E-state index >= 15 is 0 Å². The van der Waals surface area contributed by atoms with Gasteiger partial charge in [0.05, 0.1) is 16.2 Å². The molecule has 59 valence electrons. The zero-order chi connectivity index (χ0) is 8.55. The van der Waals surface area contributed by atoms with E-state index in [2.05, 4.69) is 17.1 Å². The molecule has 0 saturated carbocycles.